The molecule has 3 nitrogen and oxygen atoms in total. The minimum absolute atomic E-state index is 0.102. The maximum Gasteiger partial charge on any atom is 0.256 e. The molecular formula is C15H21NO2. The van der Waals surface area contributed by atoms with Gasteiger partial charge in [-0.2, -0.15) is 0 Å². The molecule has 1 atom stereocenters. The van der Waals surface area contributed by atoms with E-state index in [2.05, 4.69) is 0 Å². The van der Waals surface area contributed by atoms with Gasteiger partial charge in [0.05, 0.1) is 0 Å². The van der Waals surface area contributed by atoms with Crippen molar-refractivity contribution in [2.75, 3.05) is 20.2 Å². The highest BCUT2D eigenvalue weighted by Gasteiger charge is 2.25. The second-order valence-corrected chi connectivity index (χ2v) is 4.77. The number of carbonyl (C=O) groups is 1. The number of likely N-dealkylation sites (tertiary alicyclic amines) is 1. The van der Waals surface area contributed by atoms with Gasteiger partial charge in [-0.3, -0.25) is 4.79 Å². The molecule has 1 aliphatic rings. The molecule has 1 fully saturated rings. The number of benzene rings is 1. The fraction of sp³-hybridized carbons (Fsp3) is 0.533. The summed E-state index contributed by atoms with van der Waals surface area (Å²) in [6.07, 6.45) is 4.22. The van der Waals surface area contributed by atoms with Crippen LogP contribution in [0.1, 0.15) is 37.4 Å². The van der Waals surface area contributed by atoms with Crippen LogP contribution in [0.25, 0.3) is 0 Å². The number of nitrogens with zero attached hydrogens (tertiary/aromatic N) is 1. The molecule has 0 radical (unpaired) electrons. The number of amides is 1. The molecule has 3 heteroatoms. The standard InChI is InChI=1S/C15H21NO2/c1-18-14(13-9-5-4-6-10-13)15(17)16-11-7-2-3-8-12-16/h4-6,9-10,14H,2-3,7-8,11-12H2,1H3/t14-/m1/s1. The summed E-state index contributed by atoms with van der Waals surface area (Å²) in [6.45, 7) is 1.73. The average molecular weight is 247 g/mol. The second kappa shape index (κ2) is 6.55. The summed E-state index contributed by atoms with van der Waals surface area (Å²) in [4.78, 5) is 14.4. The van der Waals surface area contributed by atoms with Crippen molar-refractivity contribution in [3.63, 3.8) is 0 Å². The van der Waals surface area contributed by atoms with Crippen molar-refractivity contribution in [3.8, 4) is 0 Å². The fourth-order valence-corrected chi connectivity index (χ4v) is 2.46. The Labute approximate surface area is 109 Å². The first-order valence-electron chi connectivity index (χ1n) is 6.69. The van der Waals surface area contributed by atoms with Crippen LogP contribution in [0.2, 0.25) is 0 Å². The van der Waals surface area contributed by atoms with Crippen molar-refractivity contribution >= 4 is 5.91 Å². The minimum atomic E-state index is -0.454. The topological polar surface area (TPSA) is 29.5 Å². The Morgan fingerprint density at radius 3 is 2.28 bits per heavy atom. The maximum atomic E-state index is 12.5. The molecular weight excluding hydrogens is 226 g/mol. The predicted octanol–water partition coefficient (Wildman–Crippen LogP) is 2.78. The molecule has 98 valence electrons. The summed E-state index contributed by atoms with van der Waals surface area (Å²) in [5, 5.41) is 0. The Morgan fingerprint density at radius 1 is 1.11 bits per heavy atom. The van der Waals surface area contributed by atoms with Gasteiger partial charge >= 0.3 is 0 Å². The van der Waals surface area contributed by atoms with E-state index in [1.807, 2.05) is 35.2 Å². The van der Waals surface area contributed by atoms with Crippen molar-refractivity contribution in [2.24, 2.45) is 0 Å². The second-order valence-electron chi connectivity index (χ2n) is 4.77. The lowest BCUT2D eigenvalue weighted by atomic mass is 10.1. The first-order valence-corrected chi connectivity index (χ1v) is 6.69. The van der Waals surface area contributed by atoms with Gasteiger partial charge in [0.1, 0.15) is 0 Å². The third-order valence-electron chi connectivity index (χ3n) is 3.48. The van der Waals surface area contributed by atoms with E-state index in [9.17, 15) is 4.79 Å². The van der Waals surface area contributed by atoms with Crippen molar-refractivity contribution < 1.29 is 9.53 Å². The summed E-state index contributed by atoms with van der Waals surface area (Å²) in [6, 6.07) is 9.73. The van der Waals surface area contributed by atoms with Crippen LogP contribution in [-0.2, 0) is 9.53 Å². The van der Waals surface area contributed by atoms with Gasteiger partial charge in [-0.1, -0.05) is 43.2 Å². The van der Waals surface area contributed by atoms with E-state index in [1.54, 1.807) is 7.11 Å². The van der Waals surface area contributed by atoms with Gasteiger partial charge in [-0.25, -0.2) is 0 Å². The summed E-state index contributed by atoms with van der Waals surface area (Å²) in [7, 11) is 1.60. The minimum Gasteiger partial charge on any atom is -0.367 e. The van der Waals surface area contributed by atoms with Crippen molar-refractivity contribution in [2.45, 2.75) is 31.8 Å². The zero-order valence-electron chi connectivity index (χ0n) is 11.0. The van der Waals surface area contributed by atoms with Crippen LogP contribution in [0.3, 0.4) is 0 Å². The molecule has 0 aromatic heterocycles. The summed E-state index contributed by atoms with van der Waals surface area (Å²) in [5.41, 5.74) is 0.939. The highest BCUT2D eigenvalue weighted by atomic mass is 16.5. The van der Waals surface area contributed by atoms with E-state index >= 15 is 0 Å². The van der Waals surface area contributed by atoms with Crippen LogP contribution in [0.4, 0.5) is 0 Å². The number of carbonyl (C=O) groups excluding carboxylic acids is 1. The van der Waals surface area contributed by atoms with Crippen LogP contribution in [0.15, 0.2) is 30.3 Å². The monoisotopic (exact) mass is 247 g/mol. The smallest absolute Gasteiger partial charge is 0.256 e. The van der Waals surface area contributed by atoms with Crippen LogP contribution in [0.5, 0.6) is 0 Å². The van der Waals surface area contributed by atoms with Gasteiger partial charge in [0.25, 0.3) is 5.91 Å². The van der Waals surface area contributed by atoms with Gasteiger partial charge < -0.3 is 9.64 Å². The molecule has 0 saturated carbocycles. The molecule has 1 heterocycles. The Hall–Kier alpha value is -1.35. The van der Waals surface area contributed by atoms with E-state index in [-0.39, 0.29) is 5.91 Å². The molecule has 0 N–H and O–H groups in total. The van der Waals surface area contributed by atoms with Gasteiger partial charge in [0.15, 0.2) is 6.10 Å². The number of methoxy groups -OCH3 is 1. The van der Waals surface area contributed by atoms with Crippen molar-refractivity contribution in [3.05, 3.63) is 35.9 Å². The van der Waals surface area contributed by atoms with Gasteiger partial charge in [0.2, 0.25) is 0 Å². The first kappa shape index (κ1) is 13.1. The van der Waals surface area contributed by atoms with Gasteiger partial charge in [-0.05, 0) is 18.4 Å². The van der Waals surface area contributed by atoms with Crippen LogP contribution in [0, 0.1) is 0 Å². The van der Waals surface area contributed by atoms with Crippen molar-refractivity contribution in [1.82, 2.24) is 4.90 Å². The molecule has 1 saturated heterocycles. The third kappa shape index (κ3) is 3.10. The number of rotatable bonds is 3. The lowest BCUT2D eigenvalue weighted by Crippen LogP contribution is -2.36. The highest BCUT2D eigenvalue weighted by molar-refractivity contribution is 5.82. The molecule has 1 aliphatic heterocycles. The van der Waals surface area contributed by atoms with Crippen LogP contribution >= 0.6 is 0 Å². The SMILES string of the molecule is CO[C@@H](C(=O)N1CCCCCC1)c1ccccc1. The Balaban J connectivity index is 2.09. The van der Waals surface area contributed by atoms with E-state index in [0.29, 0.717) is 0 Å². The Morgan fingerprint density at radius 2 is 1.72 bits per heavy atom. The molecule has 18 heavy (non-hydrogen) atoms. The molecule has 0 spiro atoms. The largest absolute Gasteiger partial charge is 0.367 e. The van der Waals surface area contributed by atoms with E-state index < -0.39 is 6.10 Å². The van der Waals surface area contributed by atoms with E-state index in [0.717, 1.165) is 31.5 Å². The number of ether oxygens (including phenoxy) is 1. The maximum absolute atomic E-state index is 12.5. The summed E-state index contributed by atoms with van der Waals surface area (Å²) in [5.74, 6) is 0.102. The normalized spacial score (nSPS) is 18.2. The molecule has 1 amide bonds. The van der Waals surface area contributed by atoms with Gasteiger partial charge in [0, 0.05) is 20.2 Å². The van der Waals surface area contributed by atoms with E-state index in [4.69, 9.17) is 4.74 Å². The highest BCUT2D eigenvalue weighted by Crippen LogP contribution is 2.21. The molecule has 0 aliphatic carbocycles. The molecule has 1 aromatic carbocycles. The summed E-state index contributed by atoms with van der Waals surface area (Å²) >= 11 is 0. The van der Waals surface area contributed by atoms with Crippen LogP contribution in [-0.4, -0.2) is 31.0 Å². The zero-order chi connectivity index (χ0) is 12.8. The quantitative estimate of drug-likeness (QED) is 0.822. The zero-order valence-corrected chi connectivity index (χ0v) is 11.0. The number of hydrogen-bond acceptors (Lipinski definition) is 2. The third-order valence-corrected chi connectivity index (χ3v) is 3.48. The first-order chi connectivity index (χ1) is 8.83. The average Bonchev–Trinajstić information content (AvgIpc) is 2.69. The number of hydrogen-bond donors (Lipinski definition) is 0. The van der Waals surface area contributed by atoms with Crippen LogP contribution < -0.4 is 0 Å². The predicted molar refractivity (Wildman–Crippen MR) is 71.2 cm³/mol. The Bertz CT molecular complexity index is 369. The summed E-state index contributed by atoms with van der Waals surface area (Å²) < 4.78 is 5.40. The molecule has 0 unspecified atom stereocenters. The lowest BCUT2D eigenvalue weighted by molar-refractivity contribution is -0.142. The van der Waals surface area contributed by atoms with Crippen molar-refractivity contribution in [1.29, 1.82) is 0 Å². The van der Waals surface area contributed by atoms with Gasteiger partial charge in [-0.15, -0.1) is 0 Å². The molecule has 0 bridgehead atoms. The lowest BCUT2D eigenvalue weighted by Gasteiger charge is -2.25. The van der Waals surface area contributed by atoms with E-state index in [1.165, 1.54) is 12.8 Å². The Kier molecular flexibility index (Phi) is 4.76. The fourth-order valence-electron chi connectivity index (χ4n) is 2.46. The molecule has 2 rings (SSSR count). The molecule has 1 aromatic rings.